The van der Waals surface area contributed by atoms with Gasteiger partial charge in [0.1, 0.15) is 0 Å². The Hall–Kier alpha value is -1.51. The predicted molar refractivity (Wildman–Crippen MR) is 66.6 cm³/mol. The highest BCUT2D eigenvalue weighted by atomic mass is 32.2. The standard InChI is InChI=1S/C10H15N3O4S/c1-8(11)6-7-12-18(16,17)10-5-3-2-4-9(10)13(14)15/h2-5,8,12H,6-7,11H2,1H3. The number of hydrogen-bond donors (Lipinski definition) is 2. The van der Waals surface area contributed by atoms with Crippen molar-refractivity contribution in [2.75, 3.05) is 6.54 Å². The van der Waals surface area contributed by atoms with Gasteiger partial charge in [0.15, 0.2) is 4.90 Å². The molecule has 0 spiro atoms. The van der Waals surface area contributed by atoms with Gasteiger partial charge < -0.3 is 5.73 Å². The van der Waals surface area contributed by atoms with Crippen molar-refractivity contribution in [2.24, 2.45) is 5.73 Å². The second kappa shape index (κ2) is 5.89. The lowest BCUT2D eigenvalue weighted by Crippen LogP contribution is -2.29. The number of benzene rings is 1. The van der Waals surface area contributed by atoms with Gasteiger partial charge in [-0.15, -0.1) is 0 Å². The fourth-order valence-corrected chi connectivity index (χ4v) is 2.55. The molecule has 0 aromatic heterocycles. The maximum absolute atomic E-state index is 11.9. The van der Waals surface area contributed by atoms with Crippen molar-refractivity contribution in [3.05, 3.63) is 34.4 Å². The van der Waals surface area contributed by atoms with E-state index in [-0.39, 0.29) is 17.5 Å². The summed E-state index contributed by atoms with van der Waals surface area (Å²) in [6.07, 6.45) is 0.458. The van der Waals surface area contributed by atoms with Gasteiger partial charge in [-0.05, 0) is 19.4 Å². The number of nitro groups is 1. The summed E-state index contributed by atoms with van der Waals surface area (Å²) in [5.41, 5.74) is 5.06. The van der Waals surface area contributed by atoms with Gasteiger partial charge in [0.2, 0.25) is 10.0 Å². The summed E-state index contributed by atoms with van der Waals surface area (Å²) in [5, 5.41) is 10.7. The summed E-state index contributed by atoms with van der Waals surface area (Å²) < 4.78 is 26.1. The molecule has 0 aliphatic carbocycles. The van der Waals surface area contributed by atoms with Crippen LogP contribution in [0.2, 0.25) is 0 Å². The number of nitro benzene ring substituents is 1. The van der Waals surface area contributed by atoms with Crippen molar-refractivity contribution in [3.8, 4) is 0 Å². The molecule has 100 valence electrons. The number of sulfonamides is 1. The predicted octanol–water partition coefficient (Wildman–Crippen LogP) is 0.610. The quantitative estimate of drug-likeness (QED) is 0.582. The summed E-state index contributed by atoms with van der Waals surface area (Å²) >= 11 is 0. The molecule has 1 unspecified atom stereocenters. The van der Waals surface area contributed by atoms with Crippen LogP contribution in [0.15, 0.2) is 29.2 Å². The average molecular weight is 273 g/mol. The molecular weight excluding hydrogens is 258 g/mol. The van der Waals surface area contributed by atoms with Crippen molar-refractivity contribution in [2.45, 2.75) is 24.3 Å². The van der Waals surface area contributed by atoms with Gasteiger partial charge >= 0.3 is 0 Å². The largest absolute Gasteiger partial charge is 0.328 e. The summed E-state index contributed by atoms with van der Waals surface area (Å²) in [6.45, 7) is 1.89. The number of hydrogen-bond acceptors (Lipinski definition) is 5. The molecular formula is C10H15N3O4S. The average Bonchev–Trinajstić information content (AvgIpc) is 2.28. The Kier molecular flexibility index (Phi) is 4.76. The minimum Gasteiger partial charge on any atom is -0.328 e. The normalized spacial score (nSPS) is 13.2. The van der Waals surface area contributed by atoms with Gasteiger partial charge in [-0.1, -0.05) is 12.1 Å². The highest BCUT2D eigenvalue weighted by Crippen LogP contribution is 2.22. The van der Waals surface area contributed by atoms with E-state index in [1.165, 1.54) is 18.2 Å². The number of nitrogens with one attached hydrogen (secondary N) is 1. The topological polar surface area (TPSA) is 115 Å². The zero-order valence-corrected chi connectivity index (χ0v) is 10.7. The molecule has 8 heteroatoms. The molecule has 18 heavy (non-hydrogen) atoms. The van der Waals surface area contributed by atoms with Crippen LogP contribution in [0.3, 0.4) is 0 Å². The van der Waals surface area contributed by atoms with Crippen molar-refractivity contribution in [3.63, 3.8) is 0 Å². The Morgan fingerprint density at radius 1 is 1.44 bits per heavy atom. The Morgan fingerprint density at radius 3 is 2.61 bits per heavy atom. The molecule has 0 aliphatic heterocycles. The van der Waals surface area contributed by atoms with E-state index >= 15 is 0 Å². The first kappa shape index (κ1) is 14.6. The number of rotatable bonds is 6. The van der Waals surface area contributed by atoms with Crippen molar-refractivity contribution >= 4 is 15.7 Å². The van der Waals surface area contributed by atoms with Crippen LogP contribution < -0.4 is 10.5 Å². The minimum absolute atomic E-state index is 0.140. The van der Waals surface area contributed by atoms with Crippen molar-refractivity contribution in [1.82, 2.24) is 4.72 Å². The third-order valence-electron chi connectivity index (χ3n) is 2.24. The molecule has 1 atom stereocenters. The zero-order chi connectivity index (χ0) is 13.8. The van der Waals surface area contributed by atoms with Crippen LogP contribution in [-0.2, 0) is 10.0 Å². The van der Waals surface area contributed by atoms with Crippen LogP contribution in [0.25, 0.3) is 0 Å². The Balaban J connectivity index is 2.95. The lowest BCUT2D eigenvalue weighted by atomic mass is 10.3. The van der Waals surface area contributed by atoms with Crippen molar-refractivity contribution < 1.29 is 13.3 Å². The SMILES string of the molecule is CC(N)CCNS(=O)(=O)c1ccccc1[N+](=O)[O-]. The third-order valence-corrected chi connectivity index (χ3v) is 3.75. The molecule has 1 rings (SSSR count). The van der Waals surface area contributed by atoms with Gasteiger partial charge in [-0.2, -0.15) is 0 Å². The molecule has 0 fully saturated rings. The summed E-state index contributed by atoms with van der Waals surface area (Å²) in [5.74, 6) is 0. The zero-order valence-electron chi connectivity index (χ0n) is 9.87. The summed E-state index contributed by atoms with van der Waals surface area (Å²) in [7, 11) is -3.88. The number of nitrogens with two attached hydrogens (primary N) is 1. The van der Waals surface area contributed by atoms with E-state index < -0.39 is 20.6 Å². The molecule has 0 radical (unpaired) electrons. The van der Waals surface area contributed by atoms with E-state index in [9.17, 15) is 18.5 Å². The fourth-order valence-electron chi connectivity index (χ4n) is 1.33. The van der Waals surface area contributed by atoms with Crippen LogP contribution in [0.1, 0.15) is 13.3 Å². The Morgan fingerprint density at radius 2 is 2.06 bits per heavy atom. The van der Waals surface area contributed by atoms with Crippen LogP contribution >= 0.6 is 0 Å². The molecule has 0 saturated carbocycles. The molecule has 1 aromatic rings. The smallest absolute Gasteiger partial charge is 0.289 e. The number of para-hydroxylation sites is 1. The maximum Gasteiger partial charge on any atom is 0.289 e. The van der Waals surface area contributed by atoms with Crippen LogP contribution in [0.4, 0.5) is 5.69 Å². The van der Waals surface area contributed by atoms with Crippen molar-refractivity contribution in [1.29, 1.82) is 0 Å². The lowest BCUT2D eigenvalue weighted by molar-refractivity contribution is -0.387. The first-order chi connectivity index (χ1) is 8.34. The number of nitrogens with zero attached hydrogens (tertiary/aromatic N) is 1. The van der Waals surface area contributed by atoms with E-state index in [2.05, 4.69) is 4.72 Å². The summed E-state index contributed by atoms with van der Waals surface area (Å²) in [4.78, 5) is 9.69. The first-order valence-corrected chi connectivity index (χ1v) is 6.81. The van der Waals surface area contributed by atoms with Crippen LogP contribution in [0, 0.1) is 10.1 Å². The monoisotopic (exact) mass is 273 g/mol. The van der Waals surface area contributed by atoms with Gasteiger partial charge in [-0.25, -0.2) is 13.1 Å². The molecule has 0 heterocycles. The molecule has 0 aliphatic rings. The van der Waals surface area contributed by atoms with Gasteiger partial charge in [-0.3, -0.25) is 10.1 Å². The molecule has 7 nitrogen and oxygen atoms in total. The van der Waals surface area contributed by atoms with Gasteiger partial charge in [0.05, 0.1) is 4.92 Å². The Labute approximate surface area is 105 Å². The maximum atomic E-state index is 11.9. The second-order valence-corrected chi connectivity index (χ2v) is 5.62. The fraction of sp³-hybridized carbons (Fsp3) is 0.400. The van der Waals surface area contributed by atoms with Crippen LogP contribution in [-0.4, -0.2) is 25.9 Å². The van der Waals surface area contributed by atoms with E-state index in [0.29, 0.717) is 6.42 Å². The molecule has 1 aromatic carbocycles. The lowest BCUT2D eigenvalue weighted by Gasteiger charge is -2.08. The minimum atomic E-state index is -3.88. The first-order valence-electron chi connectivity index (χ1n) is 5.33. The molecule has 3 N–H and O–H groups in total. The van der Waals surface area contributed by atoms with E-state index in [0.717, 1.165) is 6.07 Å². The van der Waals surface area contributed by atoms with E-state index in [1.54, 1.807) is 6.92 Å². The van der Waals surface area contributed by atoms with Gasteiger partial charge in [0.25, 0.3) is 5.69 Å². The molecule has 0 amide bonds. The summed E-state index contributed by atoms with van der Waals surface area (Å²) in [6, 6.07) is 5.07. The van der Waals surface area contributed by atoms with Gasteiger partial charge in [0, 0.05) is 18.7 Å². The van der Waals surface area contributed by atoms with E-state index in [1.807, 2.05) is 0 Å². The highest BCUT2D eigenvalue weighted by molar-refractivity contribution is 7.89. The highest BCUT2D eigenvalue weighted by Gasteiger charge is 2.24. The third kappa shape index (κ3) is 3.76. The van der Waals surface area contributed by atoms with Crippen LogP contribution in [0.5, 0.6) is 0 Å². The molecule has 0 bridgehead atoms. The Bertz CT molecular complexity index is 528. The second-order valence-electron chi connectivity index (χ2n) is 3.89. The molecule has 0 saturated heterocycles. The van der Waals surface area contributed by atoms with E-state index in [4.69, 9.17) is 5.73 Å².